The van der Waals surface area contributed by atoms with Crippen LogP contribution in [0.4, 0.5) is 5.69 Å². The second kappa shape index (κ2) is 7.63. The standard InChI is InChI=1S/C16H26N2O3S/c1-6-13(4)17-15(19)11-18(22(5,20)21)16-12(3)9-8-10-14(16)7-2/h8-10,13H,6-7,11H2,1-5H3,(H,17,19). The summed E-state index contributed by atoms with van der Waals surface area (Å²) in [6.45, 7) is 7.50. The van der Waals surface area contributed by atoms with Gasteiger partial charge in [0.05, 0.1) is 11.9 Å². The van der Waals surface area contributed by atoms with Gasteiger partial charge in [-0.2, -0.15) is 0 Å². The summed E-state index contributed by atoms with van der Waals surface area (Å²) >= 11 is 0. The summed E-state index contributed by atoms with van der Waals surface area (Å²) in [6.07, 6.45) is 2.64. The highest BCUT2D eigenvalue weighted by Crippen LogP contribution is 2.27. The van der Waals surface area contributed by atoms with Gasteiger partial charge in [-0.3, -0.25) is 9.10 Å². The Labute approximate surface area is 133 Å². The molecule has 1 aromatic carbocycles. The largest absolute Gasteiger partial charge is 0.352 e. The van der Waals surface area contributed by atoms with E-state index in [0.29, 0.717) is 12.1 Å². The molecule has 0 spiro atoms. The first-order valence-electron chi connectivity index (χ1n) is 7.56. The maximum atomic E-state index is 12.2. The van der Waals surface area contributed by atoms with E-state index in [1.165, 1.54) is 4.31 Å². The predicted molar refractivity (Wildman–Crippen MR) is 90.6 cm³/mol. The Bertz CT molecular complexity index is 626. The van der Waals surface area contributed by atoms with E-state index in [9.17, 15) is 13.2 Å². The normalized spacial score (nSPS) is 12.8. The predicted octanol–water partition coefficient (Wildman–Crippen LogP) is 2.24. The number of para-hydroxylation sites is 1. The van der Waals surface area contributed by atoms with Gasteiger partial charge < -0.3 is 5.32 Å². The van der Waals surface area contributed by atoms with Gasteiger partial charge in [-0.05, 0) is 37.8 Å². The van der Waals surface area contributed by atoms with Crippen LogP contribution in [0.2, 0.25) is 0 Å². The summed E-state index contributed by atoms with van der Waals surface area (Å²) in [7, 11) is -3.54. The molecular formula is C16H26N2O3S. The Morgan fingerprint density at radius 2 is 1.95 bits per heavy atom. The topological polar surface area (TPSA) is 66.5 Å². The minimum Gasteiger partial charge on any atom is -0.352 e. The lowest BCUT2D eigenvalue weighted by Crippen LogP contribution is -2.43. The van der Waals surface area contributed by atoms with Crippen molar-refractivity contribution in [2.24, 2.45) is 0 Å². The molecule has 1 atom stereocenters. The molecule has 6 heteroatoms. The molecule has 5 nitrogen and oxygen atoms in total. The number of amides is 1. The van der Waals surface area contributed by atoms with Crippen molar-refractivity contribution in [2.75, 3.05) is 17.1 Å². The average Bonchev–Trinajstić information content (AvgIpc) is 2.43. The number of hydrogen-bond acceptors (Lipinski definition) is 3. The summed E-state index contributed by atoms with van der Waals surface area (Å²) in [5, 5.41) is 2.81. The Morgan fingerprint density at radius 3 is 2.45 bits per heavy atom. The van der Waals surface area contributed by atoms with Gasteiger partial charge in [0.15, 0.2) is 0 Å². The highest BCUT2D eigenvalue weighted by molar-refractivity contribution is 7.92. The van der Waals surface area contributed by atoms with Crippen LogP contribution in [0.1, 0.15) is 38.3 Å². The van der Waals surface area contributed by atoms with E-state index in [4.69, 9.17) is 0 Å². The Morgan fingerprint density at radius 1 is 1.32 bits per heavy atom. The van der Waals surface area contributed by atoms with Crippen LogP contribution in [0.3, 0.4) is 0 Å². The van der Waals surface area contributed by atoms with E-state index in [-0.39, 0.29) is 18.5 Å². The van der Waals surface area contributed by atoms with Crippen molar-refractivity contribution >= 4 is 21.6 Å². The second-order valence-corrected chi connectivity index (χ2v) is 7.49. The molecule has 0 aliphatic rings. The lowest BCUT2D eigenvalue weighted by atomic mass is 10.1. The van der Waals surface area contributed by atoms with E-state index in [1.807, 2.05) is 45.9 Å². The lowest BCUT2D eigenvalue weighted by molar-refractivity contribution is -0.120. The van der Waals surface area contributed by atoms with Crippen molar-refractivity contribution in [1.29, 1.82) is 0 Å². The Kier molecular flexibility index (Phi) is 6.41. The molecule has 0 aliphatic carbocycles. The first kappa shape index (κ1) is 18.5. The third-order valence-corrected chi connectivity index (χ3v) is 4.77. The number of benzene rings is 1. The van der Waals surface area contributed by atoms with E-state index < -0.39 is 10.0 Å². The number of carbonyl (C=O) groups excluding carboxylic acids is 1. The maximum absolute atomic E-state index is 12.2. The number of nitrogens with one attached hydrogen (secondary N) is 1. The summed E-state index contributed by atoms with van der Waals surface area (Å²) in [6, 6.07) is 5.68. The fourth-order valence-electron chi connectivity index (χ4n) is 2.28. The van der Waals surface area contributed by atoms with Crippen molar-refractivity contribution < 1.29 is 13.2 Å². The Hall–Kier alpha value is -1.56. The number of aryl methyl sites for hydroxylation is 2. The fraction of sp³-hybridized carbons (Fsp3) is 0.562. The van der Waals surface area contributed by atoms with Gasteiger partial charge in [0, 0.05) is 6.04 Å². The molecule has 0 heterocycles. The number of rotatable bonds is 7. The van der Waals surface area contributed by atoms with E-state index in [2.05, 4.69) is 5.32 Å². The molecule has 1 N–H and O–H groups in total. The summed E-state index contributed by atoms with van der Waals surface area (Å²) < 4.78 is 25.6. The van der Waals surface area contributed by atoms with Crippen LogP contribution >= 0.6 is 0 Å². The van der Waals surface area contributed by atoms with Crippen molar-refractivity contribution in [2.45, 2.75) is 46.6 Å². The highest BCUT2D eigenvalue weighted by Gasteiger charge is 2.24. The highest BCUT2D eigenvalue weighted by atomic mass is 32.2. The molecule has 1 unspecified atom stereocenters. The minimum atomic E-state index is -3.54. The molecule has 0 aliphatic heterocycles. The van der Waals surface area contributed by atoms with Crippen molar-refractivity contribution in [3.8, 4) is 0 Å². The first-order chi connectivity index (χ1) is 10.2. The molecule has 1 aromatic rings. The van der Waals surface area contributed by atoms with Gasteiger partial charge in [0.2, 0.25) is 15.9 Å². The third kappa shape index (κ3) is 4.73. The van der Waals surface area contributed by atoms with E-state index >= 15 is 0 Å². The van der Waals surface area contributed by atoms with E-state index in [0.717, 1.165) is 23.8 Å². The quantitative estimate of drug-likeness (QED) is 0.835. The van der Waals surface area contributed by atoms with Gasteiger partial charge in [0.25, 0.3) is 0 Å². The monoisotopic (exact) mass is 326 g/mol. The molecule has 1 rings (SSSR count). The molecule has 0 saturated carbocycles. The van der Waals surface area contributed by atoms with Crippen LogP contribution in [-0.4, -0.2) is 33.2 Å². The van der Waals surface area contributed by atoms with Gasteiger partial charge >= 0.3 is 0 Å². The molecule has 124 valence electrons. The first-order valence-corrected chi connectivity index (χ1v) is 9.41. The number of carbonyl (C=O) groups is 1. The average molecular weight is 326 g/mol. The zero-order valence-electron chi connectivity index (χ0n) is 14.0. The number of hydrogen-bond donors (Lipinski definition) is 1. The van der Waals surface area contributed by atoms with Gasteiger partial charge in [-0.25, -0.2) is 8.42 Å². The van der Waals surface area contributed by atoms with Crippen LogP contribution < -0.4 is 9.62 Å². The Balaban J connectivity index is 3.19. The van der Waals surface area contributed by atoms with Crippen LogP contribution in [0.15, 0.2) is 18.2 Å². The summed E-state index contributed by atoms with van der Waals surface area (Å²) in [4.78, 5) is 12.1. The smallest absolute Gasteiger partial charge is 0.240 e. The van der Waals surface area contributed by atoms with Gasteiger partial charge in [-0.1, -0.05) is 32.0 Å². The van der Waals surface area contributed by atoms with Gasteiger partial charge in [0.1, 0.15) is 6.54 Å². The number of nitrogens with zero attached hydrogens (tertiary/aromatic N) is 1. The lowest BCUT2D eigenvalue weighted by Gasteiger charge is -2.26. The molecule has 22 heavy (non-hydrogen) atoms. The minimum absolute atomic E-state index is 0.0245. The molecule has 0 fully saturated rings. The molecule has 0 aromatic heterocycles. The van der Waals surface area contributed by atoms with Gasteiger partial charge in [-0.15, -0.1) is 0 Å². The molecule has 0 bridgehead atoms. The van der Waals surface area contributed by atoms with Crippen LogP contribution in [0.25, 0.3) is 0 Å². The SMILES string of the molecule is CCc1cccc(C)c1N(CC(=O)NC(C)CC)S(C)(=O)=O. The van der Waals surface area contributed by atoms with Crippen molar-refractivity contribution in [1.82, 2.24) is 5.32 Å². The maximum Gasteiger partial charge on any atom is 0.240 e. The van der Waals surface area contributed by atoms with Crippen molar-refractivity contribution in [3.05, 3.63) is 29.3 Å². The molecule has 0 saturated heterocycles. The number of anilines is 1. The second-order valence-electron chi connectivity index (χ2n) is 5.58. The third-order valence-electron chi connectivity index (χ3n) is 3.66. The van der Waals surface area contributed by atoms with E-state index in [1.54, 1.807) is 0 Å². The van der Waals surface area contributed by atoms with Crippen molar-refractivity contribution in [3.63, 3.8) is 0 Å². The fourth-order valence-corrected chi connectivity index (χ4v) is 3.22. The molecular weight excluding hydrogens is 300 g/mol. The molecule has 0 radical (unpaired) electrons. The molecule has 1 amide bonds. The zero-order valence-corrected chi connectivity index (χ0v) is 14.8. The van der Waals surface area contributed by atoms with Crippen LogP contribution in [0, 0.1) is 6.92 Å². The number of sulfonamides is 1. The summed E-state index contributed by atoms with van der Waals surface area (Å²) in [5.74, 6) is -0.287. The van der Waals surface area contributed by atoms with Crippen LogP contribution in [0.5, 0.6) is 0 Å². The summed E-state index contributed by atoms with van der Waals surface area (Å²) in [5.41, 5.74) is 2.38. The zero-order chi connectivity index (χ0) is 16.9. The van der Waals surface area contributed by atoms with Crippen LogP contribution in [-0.2, 0) is 21.2 Å².